The minimum atomic E-state index is -3.81. The van der Waals surface area contributed by atoms with Gasteiger partial charge in [-0.25, -0.2) is 12.8 Å². The lowest BCUT2D eigenvalue weighted by Gasteiger charge is -2.08. The summed E-state index contributed by atoms with van der Waals surface area (Å²) in [6.07, 6.45) is 2.74. The zero-order chi connectivity index (χ0) is 16.4. The van der Waals surface area contributed by atoms with Crippen LogP contribution in [0.2, 0.25) is 0 Å². The van der Waals surface area contributed by atoms with E-state index in [2.05, 4.69) is 19.9 Å². The summed E-state index contributed by atoms with van der Waals surface area (Å²) in [6, 6.07) is 8.71. The Morgan fingerprint density at radius 3 is 2.57 bits per heavy atom. The Hall–Kier alpha value is -2.74. The fourth-order valence-electron chi connectivity index (χ4n) is 2.17. The summed E-state index contributed by atoms with van der Waals surface area (Å²) in [6.45, 7) is 1.76. The van der Waals surface area contributed by atoms with E-state index >= 15 is 0 Å². The Balaban J connectivity index is 2.01. The van der Waals surface area contributed by atoms with Crippen molar-refractivity contribution in [3.8, 4) is 11.1 Å². The molecule has 3 rings (SSSR count). The standard InChI is InChI=1S/C15H13FN4O2S/c1-10-14(11-4-6-12(16)7-5-11)15(19-18-10)20-23(21,22)13-3-2-8-17-9-13/h2-9H,1H3,(H2,18,19,20). The van der Waals surface area contributed by atoms with Crippen molar-refractivity contribution >= 4 is 15.8 Å². The summed E-state index contributed by atoms with van der Waals surface area (Å²) in [5, 5.41) is 6.73. The van der Waals surface area contributed by atoms with Crippen LogP contribution in [0, 0.1) is 12.7 Å². The van der Waals surface area contributed by atoms with Crippen LogP contribution < -0.4 is 4.72 Å². The number of sulfonamides is 1. The number of aromatic nitrogens is 3. The van der Waals surface area contributed by atoms with Crippen molar-refractivity contribution < 1.29 is 12.8 Å². The SMILES string of the molecule is Cc1[nH]nc(NS(=O)(=O)c2cccnc2)c1-c1ccc(F)cc1. The number of rotatable bonds is 4. The first-order chi connectivity index (χ1) is 11.0. The molecular weight excluding hydrogens is 319 g/mol. The summed E-state index contributed by atoms with van der Waals surface area (Å²) in [7, 11) is -3.81. The van der Waals surface area contributed by atoms with E-state index in [1.807, 2.05) is 0 Å². The summed E-state index contributed by atoms with van der Waals surface area (Å²) in [5.41, 5.74) is 1.89. The van der Waals surface area contributed by atoms with Gasteiger partial charge in [0.15, 0.2) is 5.82 Å². The topological polar surface area (TPSA) is 87.7 Å². The van der Waals surface area contributed by atoms with Gasteiger partial charge in [0.25, 0.3) is 10.0 Å². The average molecular weight is 332 g/mol. The first kappa shape index (κ1) is 15.2. The Morgan fingerprint density at radius 1 is 1.17 bits per heavy atom. The maximum absolute atomic E-state index is 13.1. The fourth-order valence-corrected chi connectivity index (χ4v) is 3.14. The van der Waals surface area contributed by atoms with E-state index in [4.69, 9.17) is 0 Å². The van der Waals surface area contributed by atoms with Crippen molar-refractivity contribution in [2.24, 2.45) is 0 Å². The normalized spacial score (nSPS) is 11.4. The molecule has 3 aromatic rings. The Kier molecular flexibility index (Phi) is 3.83. The van der Waals surface area contributed by atoms with Gasteiger partial charge in [-0.05, 0) is 36.8 Å². The van der Waals surface area contributed by atoms with Crippen LogP contribution in [-0.4, -0.2) is 23.6 Å². The predicted molar refractivity (Wildman–Crippen MR) is 83.8 cm³/mol. The number of hydrogen-bond acceptors (Lipinski definition) is 4. The molecule has 118 valence electrons. The van der Waals surface area contributed by atoms with Crippen LogP contribution in [0.1, 0.15) is 5.69 Å². The Labute approximate surface area is 132 Å². The minimum absolute atomic E-state index is 0.0331. The molecule has 0 unspecified atom stereocenters. The van der Waals surface area contributed by atoms with Crippen LogP contribution >= 0.6 is 0 Å². The van der Waals surface area contributed by atoms with Crippen molar-refractivity contribution in [1.82, 2.24) is 15.2 Å². The van der Waals surface area contributed by atoms with Crippen molar-refractivity contribution in [3.05, 3.63) is 60.3 Å². The number of pyridine rings is 1. The van der Waals surface area contributed by atoms with E-state index in [-0.39, 0.29) is 16.5 Å². The number of aromatic amines is 1. The zero-order valence-electron chi connectivity index (χ0n) is 12.1. The smallest absolute Gasteiger partial charge is 0.264 e. The monoisotopic (exact) mass is 332 g/mol. The highest BCUT2D eigenvalue weighted by Crippen LogP contribution is 2.30. The molecule has 0 spiro atoms. The molecule has 8 heteroatoms. The zero-order valence-corrected chi connectivity index (χ0v) is 12.9. The molecule has 0 saturated carbocycles. The van der Waals surface area contributed by atoms with Crippen molar-refractivity contribution in [1.29, 1.82) is 0 Å². The quantitative estimate of drug-likeness (QED) is 0.769. The maximum Gasteiger partial charge on any atom is 0.264 e. The third kappa shape index (κ3) is 3.07. The van der Waals surface area contributed by atoms with Crippen molar-refractivity contribution in [2.45, 2.75) is 11.8 Å². The molecular formula is C15H13FN4O2S. The Bertz CT molecular complexity index is 922. The molecule has 2 aromatic heterocycles. The molecule has 0 amide bonds. The number of nitrogens with zero attached hydrogens (tertiary/aromatic N) is 2. The van der Waals surface area contributed by atoms with Gasteiger partial charge in [-0.2, -0.15) is 5.10 Å². The summed E-state index contributed by atoms with van der Waals surface area (Å²) in [4.78, 5) is 3.83. The van der Waals surface area contributed by atoms with Gasteiger partial charge in [-0.1, -0.05) is 12.1 Å². The molecule has 0 aliphatic carbocycles. The molecule has 2 N–H and O–H groups in total. The lowest BCUT2D eigenvalue weighted by Crippen LogP contribution is -2.14. The second-order valence-electron chi connectivity index (χ2n) is 4.87. The molecule has 0 radical (unpaired) electrons. The summed E-state index contributed by atoms with van der Waals surface area (Å²) < 4.78 is 40.3. The molecule has 6 nitrogen and oxygen atoms in total. The van der Waals surface area contributed by atoms with Crippen molar-refractivity contribution in [2.75, 3.05) is 4.72 Å². The van der Waals surface area contributed by atoms with Crippen LogP contribution in [0.3, 0.4) is 0 Å². The molecule has 2 heterocycles. The highest BCUT2D eigenvalue weighted by atomic mass is 32.2. The number of anilines is 1. The van der Waals surface area contributed by atoms with Gasteiger partial charge in [0, 0.05) is 23.7 Å². The fraction of sp³-hybridized carbons (Fsp3) is 0.0667. The second-order valence-corrected chi connectivity index (χ2v) is 6.56. The van der Waals surface area contributed by atoms with Gasteiger partial charge in [0.05, 0.1) is 0 Å². The van der Waals surface area contributed by atoms with E-state index < -0.39 is 10.0 Å². The van der Waals surface area contributed by atoms with Gasteiger partial charge in [-0.3, -0.25) is 14.8 Å². The lowest BCUT2D eigenvalue weighted by atomic mass is 10.1. The first-order valence-electron chi connectivity index (χ1n) is 6.71. The predicted octanol–water partition coefficient (Wildman–Crippen LogP) is 2.72. The number of aryl methyl sites for hydroxylation is 1. The summed E-state index contributed by atoms with van der Waals surface area (Å²) >= 11 is 0. The van der Waals surface area contributed by atoms with Crippen LogP contribution in [0.25, 0.3) is 11.1 Å². The second kappa shape index (κ2) is 5.81. The molecule has 1 aromatic carbocycles. The van der Waals surface area contributed by atoms with E-state index in [0.29, 0.717) is 16.8 Å². The van der Waals surface area contributed by atoms with Crippen molar-refractivity contribution in [3.63, 3.8) is 0 Å². The molecule has 0 bridgehead atoms. The van der Waals surface area contributed by atoms with E-state index in [1.54, 1.807) is 19.1 Å². The molecule has 0 atom stereocenters. The van der Waals surface area contributed by atoms with Crippen LogP contribution in [0.15, 0.2) is 53.7 Å². The highest BCUT2D eigenvalue weighted by molar-refractivity contribution is 7.92. The number of hydrogen-bond donors (Lipinski definition) is 2. The van der Waals surface area contributed by atoms with E-state index in [1.165, 1.54) is 36.7 Å². The third-order valence-electron chi connectivity index (χ3n) is 3.26. The molecule has 0 fully saturated rings. The molecule has 23 heavy (non-hydrogen) atoms. The highest BCUT2D eigenvalue weighted by Gasteiger charge is 2.20. The average Bonchev–Trinajstić information content (AvgIpc) is 2.89. The number of H-pyrrole nitrogens is 1. The van der Waals surface area contributed by atoms with Gasteiger partial charge in [0.1, 0.15) is 10.7 Å². The molecule has 0 aliphatic heterocycles. The largest absolute Gasteiger partial charge is 0.280 e. The van der Waals surface area contributed by atoms with E-state index in [9.17, 15) is 12.8 Å². The van der Waals surface area contributed by atoms with Crippen LogP contribution in [0.5, 0.6) is 0 Å². The maximum atomic E-state index is 13.1. The Morgan fingerprint density at radius 2 is 1.91 bits per heavy atom. The number of benzene rings is 1. The summed E-state index contributed by atoms with van der Waals surface area (Å²) in [5.74, 6) is -0.217. The number of nitrogens with one attached hydrogen (secondary N) is 2. The lowest BCUT2D eigenvalue weighted by molar-refractivity contribution is 0.600. The first-order valence-corrected chi connectivity index (χ1v) is 8.19. The van der Waals surface area contributed by atoms with Gasteiger partial charge < -0.3 is 0 Å². The van der Waals surface area contributed by atoms with Crippen LogP contribution in [-0.2, 0) is 10.0 Å². The third-order valence-corrected chi connectivity index (χ3v) is 4.58. The van der Waals surface area contributed by atoms with Gasteiger partial charge in [-0.15, -0.1) is 0 Å². The molecule has 0 aliphatic rings. The van der Waals surface area contributed by atoms with Gasteiger partial charge >= 0.3 is 0 Å². The van der Waals surface area contributed by atoms with Crippen LogP contribution in [0.4, 0.5) is 10.2 Å². The van der Waals surface area contributed by atoms with Gasteiger partial charge in [0.2, 0.25) is 0 Å². The number of halogens is 1. The molecule has 0 saturated heterocycles. The van der Waals surface area contributed by atoms with E-state index in [0.717, 1.165) is 0 Å². The minimum Gasteiger partial charge on any atom is -0.280 e.